The lowest BCUT2D eigenvalue weighted by Gasteiger charge is -2.32. The van der Waals surface area contributed by atoms with E-state index >= 15 is 0 Å². The number of likely N-dealkylation sites (tertiary alicyclic amines) is 1. The van der Waals surface area contributed by atoms with E-state index in [1.807, 2.05) is 0 Å². The number of carbonyl (C=O) groups is 2. The van der Waals surface area contributed by atoms with Gasteiger partial charge in [0.15, 0.2) is 10.8 Å². The maximum absolute atomic E-state index is 13.5. The smallest absolute Gasteiger partial charge is 0.419 e. The first-order valence-corrected chi connectivity index (χ1v) is 12.8. The molecule has 0 aliphatic carbocycles. The maximum atomic E-state index is 13.5. The Morgan fingerprint density at radius 2 is 1.87 bits per heavy atom. The van der Waals surface area contributed by atoms with Gasteiger partial charge in [-0.2, -0.15) is 18.4 Å². The summed E-state index contributed by atoms with van der Waals surface area (Å²) in [7, 11) is 0. The zero-order chi connectivity index (χ0) is 28.2. The van der Waals surface area contributed by atoms with Crippen LogP contribution in [0.2, 0.25) is 0 Å². The highest BCUT2D eigenvalue weighted by atomic mass is 32.1. The quantitative estimate of drug-likeness (QED) is 0.476. The highest BCUT2D eigenvalue weighted by Gasteiger charge is 2.37. The van der Waals surface area contributed by atoms with Crippen LogP contribution in [0.5, 0.6) is 5.75 Å². The van der Waals surface area contributed by atoms with Crippen LogP contribution in [0.4, 0.5) is 29.3 Å². The highest BCUT2D eigenvalue weighted by molar-refractivity contribution is 7.81. The molecule has 13 heteroatoms. The Labute approximate surface area is 228 Å². The number of benzene rings is 1. The number of halogens is 3. The van der Waals surface area contributed by atoms with Crippen molar-refractivity contribution < 1.29 is 32.2 Å². The Bertz CT molecular complexity index is 1270. The van der Waals surface area contributed by atoms with Crippen molar-refractivity contribution in [2.24, 2.45) is 0 Å². The number of alkyl halides is 3. The topological polar surface area (TPSA) is 99.0 Å². The average Bonchev–Trinajstić information content (AvgIpc) is 3.06. The Hall–Kier alpha value is -3.92. The third kappa shape index (κ3) is 6.39. The molecule has 0 saturated carbocycles. The molecular weight excluding hydrogens is 535 g/mol. The third-order valence-electron chi connectivity index (χ3n) is 6.41. The summed E-state index contributed by atoms with van der Waals surface area (Å²) in [6, 6.07) is 9.22. The number of rotatable bonds is 5. The van der Waals surface area contributed by atoms with Gasteiger partial charge in [0.05, 0.1) is 24.1 Å². The van der Waals surface area contributed by atoms with E-state index in [-0.39, 0.29) is 29.4 Å². The van der Waals surface area contributed by atoms with Gasteiger partial charge in [0.25, 0.3) is 0 Å². The Balaban J connectivity index is 1.48. The van der Waals surface area contributed by atoms with Gasteiger partial charge in [0, 0.05) is 44.6 Å². The van der Waals surface area contributed by atoms with Crippen LogP contribution in [0.25, 0.3) is 0 Å². The molecule has 0 radical (unpaired) electrons. The number of nitriles is 1. The Morgan fingerprint density at radius 1 is 1.18 bits per heavy atom. The summed E-state index contributed by atoms with van der Waals surface area (Å²) in [5.74, 6) is 0.157. The Kier molecular flexibility index (Phi) is 8.54. The van der Waals surface area contributed by atoms with Crippen LogP contribution < -0.4 is 14.5 Å². The second kappa shape index (κ2) is 11.9. The van der Waals surface area contributed by atoms with E-state index in [1.54, 1.807) is 41.0 Å². The van der Waals surface area contributed by atoms with Crippen molar-refractivity contribution in [2.45, 2.75) is 44.9 Å². The summed E-state index contributed by atoms with van der Waals surface area (Å²) in [4.78, 5) is 32.8. The lowest BCUT2D eigenvalue weighted by molar-refractivity contribution is -0.138. The number of pyridine rings is 1. The predicted octanol–water partition coefficient (Wildman–Crippen LogP) is 4.89. The molecule has 0 spiro atoms. The molecule has 206 valence electrons. The molecule has 2 amide bonds. The van der Waals surface area contributed by atoms with Crippen LogP contribution in [0.15, 0.2) is 36.5 Å². The zero-order valence-electron chi connectivity index (χ0n) is 21.1. The van der Waals surface area contributed by atoms with Crippen molar-refractivity contribution in [2.75, 3.05) is 36.0 Å². The monoisotopic (exact) mass is 561 g/mol. The van der Waals surface area contributed by atoms with Gasteiger partial charge in [-0.15, -0.1) is 0 Å². The number of aromatic nitrogens is 1. The van der Waals surface area contributed by atoms with E-state index in [4.69, 9.17) is 27.0 Å². The maximum Gasteiger partial charge on any atom is 0.419 e. The molecule has 1 aromatic heterocycles. The second-order valence-corrected chi connectivity index (χ2v) is 9.33. The van der Waals surface area contributed by atoms with Gasteiger partial charge in [0.1, 0.15) is 17.9 Å². The SMILES string of the molecule is CCOC(=O)N1CCC(Oc2ccc(N3CCCC(=O)N(c4cnc(C#N)c(C(F)(F)F)c4)C3=S)cc2)CC1. The number of hydrogen-bond acceptors (Lipinski definition) is 7. The molecule has 0 N–H and O–H groups in total. The average molecular weight is 562 g/mol. The highest BCUT2D eigenvalue weighted by Crippen LogP contribution is 2.35. The van der Waals surface area contributed by atoms with Gasteiger partial charge in [-0.1, -0.05) is 0 Å². The Morgan fingerprint density at radius 3 is 2.49 bits per heavy atom. The van der Waals surface area contributed by atoms with E-state index in [1.165, 1.54) is 6.07 Å². The lowest BCUT2D eigenvalue weighted by Crippen LogP contribution is -2.44. The summed E-state index contributed by atoms with van der Waals surface area (Å²) >= 11 is 5.57. The van der Waals surface area contributed by atoms with Crippen molar-refractivity contribution >= 4 is 40.7 Å². The molecule has 2 fully saturated rings. The van der Waals surface area contributed by atoms with Gasteiger partial charge in [-0.25, -0.2) is 9.78 Å². The van der Waals surface area contributed by atoms with Crippen molar-refractivity contribution in [3.05, 3.63) is 47.8 Å². The van der Waals surface area contributed by atoms with E-state index < -0.39 is 23.3 Å². The fourth-order valence-corrected chi connectivity index (χ4v) is 4.87. The van der Waals surface area contributed by atoms with Gasteiger partial charge >= 0.3 is 12.3 Å². The minimum absolute atomic E-state index is 0.0112. The fraction of sp³-hybridized carbons (Fsp3) is 0.423. The number of nitrogens with zero attached hydrogens (tertiary/aromatic N) is 5. The van der Waals surface area contributed by atoms with Crippen LogP contribution >= 0.6 is 12.2 Å². The molecule has 3 heterocycles. The molecule has 2 aliphatic rings. The molecule has 1 aromatic carbocycles. The summed E-state index contributed by atoms with van der Waals surface area (Å²) in [5, 5.41) is 9.06. The number of hydrogen-bond donors (Lipinski definition) is 0. The van der Waals surface area contributed by atoms with Crippen LogP contribution in [-0.2, 0) is 15.7 Å². The fourth-order valence-electron chi connectivity index (χ4n) is 4.47. The molecule has 4 rings (SSSR count). The normalized spacial score (nSPS) is 17.1. The van der Waals surface area contributed by atoms with Crippen LogP contribution in [0, 0.1) is 11.3 Å². The number of amides is 2. The largest absolute Gasteiger partial charge is 0.490 e. The molecule has 0 atom stereocenters. The number of piperidine rings is 1. The molecular formula is C26H26F3N5O4S. The van der Waals surface area contributed by atoms with Gasteiger partial charge in [-0.05, 0) is 55.9 Å². The van der Waals surface area contributed by atoms with Gasteiger partial charge in [-0.3, -0.25) is 9.69 Å². The van der Waals surface area contributed by atoms with Gasteiger partial charge in [0.2, 0.25) is 5.91 Å². The van der Waals surface area contributed by atoms with Crippen LogP contribution in [-0.4, -0.2) is 59.3 Å². The van der Waals surface area contributed by atoms with Crippen molar-refractivity contribution in [1.29, 1.82) is 5.26 Å². The van der Waals surface area contributed by atoms with E-state index in [0.717, 1.165) is 17.2 Å². The number of thiocarbonyl (C=S) groups is 1. The second-order valence-electron chi connectivity index (χ2n) is 8.96. The minimum atomic E-state index is -4.82. The van der Waals surface area contributed by atoms with E-state index in [9.17, 15) is 22.8 Å². The number of anilines is 2. The zero-order valence-corrected chi connectivity index (χ0v) is 21.9. The molecule has 0 unspecified atom stereocenters. The third-order valence-corrected chi connectivity index (χ3v) is 6.81. The van der Waals surface area contributed by atoms with Crippen molar-refractivity contribution in [3.63, 3.8) is 0 Å². The summed E-state index contributed by atoms with van der Waals surface area (Å²) in [5.41, 5.74) is -1.53. The summed E-state index contributed by atoms with van der Waals surface area (Å²) in [6.45, 7) is 3.54. The molecule has 2 saturated heterocycles. The first-order valence-electron chi connectivity index (χ1n) is 12.4. The standard InChI is InChI=1S/C26H26F3N5O4S/c1-2-37-25(36)32-12-9-20(10-13-32)38-19-7-5-17(6-8-19)33-11-3-4-23(35)34(24(33)39)18-14-21(26(27,28)29)22(15-30)31-16-18/h5-8,14,16,20H,2-4,9-13H2,1H3. The first-order chi connectivity index (χ1) is 18.6. The number of ether oxygens (including phenoxy) is 2. The van der Waals surface area contributed by atoms with E-state index in [0.29, 0.717) is 56.9 Å². The predicted molar refractivity (Wildman–Crippen MR) is 139 cm³/mol. The van der Waals surface area contributed by atoms with Crippen LogP contribution in [0.3, 0.4) is 0 Å². The lowest BCUT2D eigenvalue weighted by atomic mass is 10.1. The van der Waals surface area contributed by atoms with Crippen LogP contribution in [0.1, 0.15) is 43.9 Å². The molecule has 9 nitrogen and oxygen atoms in total. The summed E-state index contributed by atoms with van der Waals surface area (Å²) in [6.07, 6.45) is -2.35. The molecule has 39 heavy (non-hydrogen) atoms. The molecule has 2 aromatic rings. The molecule has 2 aliphatic heterocycles. The van der Waals surface area contributed by atoms with Crippen molar-refractivity contribution in [3.8, 4) is 11.8 Å². The first kappa shape index (κ1) is 28.1. The summed E-state index contributed by atoms with van der Waals surface area (Å²) < 4.78 is 51.7. The molecule has 0 bridgehead atoms. The minimum Gasteiger partial charge on any atom is -0.490 e. The van der Waals surface area contributed by atoms with Gasteiger partial charge < -0.3 is 19.3 Å². The number of carbonyl (C=O) groups excluding carboxylic acids is 2. The van der Waals surface area contributed by atoms with E-state index in [2.05, 4.69) is 4.98 Å². The van der Waals surface area contributed by atoms with Crippen molar-refractivity contribution in [1.82, 2.24) is 9.88 Å².